The number of aromatic amines is 1. The molecule has 0 spiro atoms. The summed E-state index contributed by atoms with van der Waals surface area (Å²) in [6.07, 6.45) is 3.31. The second-order valence-electron chi connectivity index (χ2n) is 3.81. The summed E-state index contributed by atoms with van der Waals surface area (Å²) in [7, 11) is 0. The molecule has 1 amide bonds. The summed E-state index contributed by atoms with van der Waals surface area (Å²) in [4.78, 5) is 23.9. The summed E-state index contributed by atoms with van der Waals surface area (Å²) in [5, 5.41) is 2.51. The Morgan fingerprint density at radius 1 is 1.21 bits per heavy atom. The number of nitrogens with one attached hydrogen (secondary N) is 2. The number of thioether (sulfide) groups is 1. The van der Waals surface area contributed by atoms with Crippen molar-refractivity contribution in [3.63, 3.8) is 0 Å². The maximum atomic E-state index is 11.8. The van der Waals surface area contributed by atoms with Gasteiger partial charge < -0.3 is 4.98 Å². The van der Waals surface area contributed by atoms with Crippen LogP contribution in [0.15, 0.2) is 53.7 Å². The van der Waals surface area contributed by atoms with Gasteiger partial charge >= 0.3 is 0 Å². The first-order chi connectivity index (χ1) is 9.31. The number of carbonyl (C=O) groups is 1. The normalized spacial score (nSPS) is 10.5. The fraction of sp³-hybridized carbons (Fsp3) is 0. The number of anilines is 1. The van der Waals surface area contributed by atoms with E-state index in [1.165, 1.54) is 0 Å². The molecule has 0 saturated carbocycles. The maximum absolute atomic E-state index is 11.8. The topological polar surface area (TPSA) is 70.7 Å². The molecule has 0 bridgehead atoms. The van der Waals surface area contributed by atoms with Crippen LogP contribution in [0.4, 0.5) is 10.7 Å². The molecule has 0 saturated heterocycles. The predicted octanol–water partition coefficient (Wildman–Crippen LogP) is 3.28. The summed E-state index contributed by atoms with van der Waals surface area (Å²) >= 11 is 1.08. The van der Waals surface area contributed by atoms with E-state index >= 15 is 0 Å². The standard InChI is InChI=1S/C13H10N4OS/c18-13(19-9-4-3-7-14-8-9)17-12-15-10-5-1-2-6-11(10)16-12/h1-8H,(H2,15,16,17,18). The molecule has 19 heavy (non-hydrogen) atoms. The van der Waals surface area contributed by atoms with Crippen LogP contribution in [0.2, 0.25) is 0 Å². The number of H-pyrrole nitrogens is 1. The Morgan fingerprint density at radius 2 is 2.11 bits per heavy atom. The zero-order valence-electron chi connectivity index (χ0n) is 9.83. The number of pyridine rings is 1. The van der Waals surface area contributed by atoms with E-state index in [0.29, 0.717) is 5.95 Å². The summed E-state index contributed by atoms with van der Waals surface area (Å²) in [6, 6.07) is 11.2. The van der Waals surface area contributed by atoms with Crippen molar-refractivity contribution in [1.82, 2.24) is 15.0 Å². The molecule has 3 rings (SSSR count). The fourth-order valence-corrected chi connectivity index (χ4v) is 2.27. The Morgan fingerprint density at radius 3 is 2.89 bits per heavy atom. The largest absolute Gasteiger partial charge is 0.324 e. The average molecular weight is 270 g/mol. The lowest BCUT2D eigenvalue weighted by Crippen LogP contribution is -2.05. The third-order valence-electron chi connectivity index (χ3n) is 2.45. The van der Waals surface area contributed by atoms with Crippen molar-refractivity contribution in [1.29, 1.82) is 0 Å². The van der Waals surface area contributed by atoms with Gasteiger partial charge in [0.05, 0.1) is 11.0 Å². The number of rotatable bonds is 2. The number of hydrogen-bond donors (Lipinski definition) is 2. The Kier molecular flexibility index (Phi) is 3.16. The lowest BCUT2D eigenvalue weighted by atomic mass is 10.3. The molecule has 2 N–H and O–H groups in total. The van der Waals surface area contributed by atoms with Crippen LogP contribution in [-0.4, -0.2) is 20.2 Å². The smallest absolute Gasteiger partial charge is 0.290 e. The zero-order valence-corrected chi connectivity index (χ0v) is 10.6. The molecule has 0 aliphatic rings. The Bertz CT molecular complexity index is 678. The van der Waals surface area contributed by atoms with Crippen LogP contribution in [0.25, 0.3) is 11.0 Å². The van der Waals surface area contributed by atoms with Crippen molar-refractivity contribution >= 4 is 34.0 Å². The molecular formula is C13H10N4OS. The van der Waals surface area contributed by atoms with Gasteiger partial charge in [-0.05, 0) is 36.0 Å². The van der Waals surface area contributed by atoms with Gasteiger partial charge in [0.25, 0.3) is 5.24 Å². The van der Waals surface area contributed by atoms with Crippen molar-refractivity contribution in [3.8, 4) is 0 Å². The van der Waals surface area contributed by atoms with Crippen LogP contribution in [0.5, 0.6) is 0 Å². The van der Waals surface area contributed by atoms with Crippen LogP contribution >= 0.6 is 11.8 Å². The van der Waals surface area contributed by atoms with Gasteiger partial charge in [-0.1, -0.05) is 12.1 Å². The van der Waals surface area contributed by atoms with E-state index in [9.17, 15) is 4.79 Å². The van der Waals surface area contributed by atoms with Gasteiger partial charge in [0, 0.05) is 17.3 Å². The van der Waals surface area contributed by atoms with E-state index in [1.807, 2.05) is 30.3 Å². The van der Waals surface area contributed by atoms with Gasteiger partial charge in [-0.25, -0.2) is 4.98 Å². The molecule has 0 aliphatic heterocycles. The van der Waals surface area contributed by atoms with E-state index in [1.54, 1.807) is 18.5 Å². The number of nitrogens with zero attached hydrogens (tertiary/aromatic N) is 2. The van der Waals surface area contributed by atoms with Crippen molar-refractivity contribution in [2.45, 2.75) is 4.90 Å². The monoisotopic (exact) mass is 270 g/mol. The van der Waals surface area contributed by atoms with Gasteiger partial charge in [0.1, 0.15) is 0 Å². The molecule has 0 aliphatic carbocycles. The third-order valence-corrected chi connectivity index (χ3v) is 3.22. The second-order valence-corrected chi connectivity index (χ2v) is 4.85. The Labute approximate surface area is 113 Å². The molecule has 2 heterocycles. The molecule has 3 aromatic rings. The van der Waals surface area contributed by atoms with Crippen LogP contribution in [0.3, 0.4) is 0 Å². The van der Waals surface area contributed by atoms with E-state index in [2.05, 4.69) is 20.3 Å². The molecule has 0 radical (unpaired) electrons. The maximum Gasteiger partial charge on any atom is 0.290 e. The van der Waals surface area contributed by atoms with E-state index in [4.69, 9.17) is 0 Å². The molecule has 0 unspecified atom stereocenters. The number of benzene rings is 1. The first-order valence-electron chi connectivity index (χ1n) is 5.65. The van der Waals surface area contributed by atoms with Crippen LogP contribution in [0.1, 0.15) is 0 Å². The summed E-state index contributed by atoms with van der Waals surface area (Å²) < 4.78 is 0. The van der Waals surface area contributed by atoms with Gasteiger partial charge in [0.15, 0.2) is 0 Å². The van der Waals surface area contributed by atoms with Crippen LogP contribution in [0, 0.1) is 0 Å². The molecular weight excluding hydrogens is 260 g/mol. The predicted molar refractivity (Wildman–Crippen MR) is 75.2 cm³/mol. The molecule has 6 heteroatoms. The van der Waals surface area contributed by atoms with E-state index in [0.717, 1.165) is 27.7 Å². The van der Waals surface area contributed by atoms with Crippen molar-refractivity contribution < 1.29 is 4.79 Å². The van der Waals surface area contributed by atoms with Crippen molar-refractivity contribution in [2.24, 2.45) is 0 Å². The van der Waals surface area contributed by atoms with Gasteiger partial charge in [-0.3, -0.25) is 15.1 Å². The molecule has 5 nitrogen and oxygen atoms in total. The number of carbonyl (C=O) groups excluding carboxylic acids is 1. The third kappa shape index (κ3) is 2.74. The minimum absolute atomic E-state index is 0.202. The molecule has 94 valence electrons. The fourth-order valence-electron chi connectivity index (χ4n) is 1.65. The van der Waals surface area contributed by atoms with Gasteiger partial charge in [-0.15, -0.1) is 0 Å². The van der Waals surface area contributed by atoms with Crippen molar-refractivity contribution in [2.75, 3.05) is 5.32 Å². The molecule has 0 fully saturated rings. The first-order valence-corrected chi connectivity index (χ1v) is 6.46. The number of para-hydroxylation sites is 2. The first kappa shape index (κ1) is 11.7. The summed E-state index contributed by atoms with van der Waals surface area (Å²) in [5.74, 6) is 0.447. The number of fused-ring (bicyclic) bond motifs is 1. The Hall–Kier alpha value is -2.34. The van der Waals surface area contributed by atoms with E-state index in [-0.39, 0.29) is 5.24 Å². The van der Waals surface area contributed by atoms with Crippen molar-refractivity contribution in [3.05, 3.63) is 48.8 Å². The SMILES string of the molecule is O=C(Nc1nc2ccccc2[nH]1)Sc1cccnc1. The minimum atomic E-state index is -0.202. The van der Waals surface area contributed by atoms with Crippen LogP contribution in [-0.2, 0) is 0 Å². The van der Waals surface area contributed by atoms with Gasteiger partial charge in [-0.2, -0.15) is 0 Å². The zero-order chi connectivity index (χ0) is 13.1. The summed E-state index contributed by atoms with van der Waals surface area (Å²) in [5.41, 5.74) is 1.72. The number of imidazole rings is 1. The molecule has 2 aromatic heterocycles. The van der Waals surface area contributed by atoms with E-state index < -0.39 is 0 Å². The van der Waals surface area contributed by atoms with Gasteiger partial charge in [0.2, 0.25) is 5.95 Å². The molecule has 1 aromatic carbocycles. The van der Waals surface area contributed by atoms with Crippen LogP contribution < -0.4 is 5.32 Å². The highest BCUT2D eigenvalue weighted by atomic mass is 32.2. The quantitative estimate of drug-likeness (QED) is 0.701. The second kappa shape index (κ2) is 5.11. The minimum Gasteiger partial charge on any atom is -0.324 e. The number of hydrogen-bond acceptors (Lipinski definition) is 4. The Balaban J connectivity index is 1.72. The lowest BCUT2D eigenvalue weighted by Gasteiger charge is -2.00. The highest BCUT2D eigenvalue weighted by Crippen LogP contribution is 2.20. The summed E-state index contributed by atoms with van der Waals surface area (Å²) in [6.45, 7) is 0. The number of amides is 1. The average Bonchev–Trinajstić information content (AvgIpc) is 2.81. The molecule has 0 atom stereocenters. The highest BCUT2D eigenvalue weighted by Gasteiger charge is 2.08. The lowest BCUT2D eigenvalue weighted by molar-refractivity contribution is 0.269. The highest BCUT2D eigenvalue weighted by molar-refractivity contribution is 8.13. The number of aromatic nitrogens is 3.